The number of aryl methyl sites for hydroxylation is 2. The van der Waals surface area contributed by atoms with E-state index in [2.05, 4.69) is 64.1 Å². The first-order chi connectivity index (χ1) is 12.5. The molecule has 1 aromatic rings. The average Bonchev–Trinajstić information content (AvgIpc) is 3.15. The van der Waals surface area contributed by atoms with Crippen LogP contribution in [0.1, 0.15) is 83.3 Å². The first kappa shape index (κ1) is 19.5. The van der Waals surface area contributed by atoms with Gasteiger partial charge in [0.15, 0.2) is 0 Å². The maximum Gasteiger partial charge on any atom is -0.00784 e. The normalized spacial score (nSPS) is 20.0. The highest BCUT2D eigenvalue weighted by atomic mass is 14.4. The molecule has 0 bridgehead atoms. The van der Waals surface area contributed by atoms with Crippen molar-refractivity contribution in [1.82, 2.24) is 0 Å². The summed E-state index contributed by atoms with van der Waals surface area (Å²) in [6, 6.07) is 9.06. The van der Waals surface area contributed by atoms with Crippen LogP contribution >= 0.6 is 0 Å². The molecular formula is C26H38. The second-order valence-electron chi connectivity index (χ2n) is 9.42. The Kier molecular flexibility index (Phi) is 6.43. The molecule has 0 aliphatic heterocycles. The zero-order valence-electron chi connectivity index (χ0n) is 17.5. The van der Waals surface area contributed by atoms with Crippen molar-refractivity contribution in [3.05, 3.63) is 58.7 Å². The predicted molar refractivity (Wildman–Crippen MR) is 114 cm³/mol. The largest absolute Gasteiger partial charge is 0.0767 e. The van der Waals surface area contributed by atoms with Crippen LogP contribution in [-0.2, 0) is 6.42 Å². The molecule has 0 saturated heterocycles. The summed E-state index contributed by atoms with van der Waals surface area (Å²) < 4.78 is 0. The lowest BCUT2D eigenvalue weighted by molar-refractivity contribution is 0.201. The van der Waals surface area contributed by atoms with Crippen LogP contribution in [0, 0.1) is 24.2 Å². The highest BCUT2D eigenvalue weighted by Crippen LogP contribution is 2.46. The highest BCUT2D eigenvalue weighted by Gasteiger charge is 2.34. The maximum absolute atomic E-state index is 2.57. The summed E-state index contributed by atoms with van der Waals surface area (Å²) in [5, 5.41) is 0. The summed E-state index contributed by atoms with van der Waals surface area (Å²) in [5.74, 6) is 1.60. The molecule has 3 rings (SSSR count). The van der Waals surface area contributed by atoms with Crippen LogP contribution in [0.4, 0.5) is 0 Å². The Labute approximate surface area is 161 Å². The number of allylic oxidation sites excluding steroid dienone is 4. The molecule has 0 amide bonds. The molecule has 0 radical (unpaired) electrons. The fraction of sp³-hybridized carbons (Fsp3) is 0.615. The number of benzene rings is 1. The molecule has 26 heavy (non-hydrogen) atoms. The molecule has 0 spiro atoms. The van der Waals surface area contributed by atoms with Gasteiger partial charge in [-0.2, -0.15) is 0 Å². The van der Waals surface area contributed by atoms with E-state index in [0.717, 1.165) is 11.8 Å². The van der Waals surface area contributed by atoms with Gasteiger partial charge in [0.05, 0.1) is 0 Å². The molecule has 2 aliphatic carbocycles. The lowest BCUT2D eigenvalue weighted by Gasteiger charge is -2.38. The zero-order valence-corrected chi connectivity index (χ0v) is 17.5. The third-order valence-corrected chi connectivity index (χ3v) is 7.12. The van der Waals surface area contributed by atoms with E-state index in [9.17, 15) is 0 Å². The second-order valence-corrected chi connectivity index (χ2v) is 9.42. The monoisotopic (exact) mass is 350 g/mol. The molecule has 142 valence electrons. The van der Waals surface area contributed by atoms with Crippen molar-refractivity contribution in [3.8, 4) is 0 Å². The maximum atomic E-state index is 2.57. The van der Waals surface area contributed by atoms with Crippen LogP contribution in [0.3, 0.4) is 0 Å². The Morgan fingerprint density at radius 2 is 1.73 bits per heavy atom. The first-order valence-corrected chi connectivity index (χ1v) is 10.9. The van der Waals surface area contributed by atoms with Crippen LogP contribution in [-0.4, -0.2) is 0 Å². The van der Waals surface area contributed by atoms with Crippen molar-refractivity contribution in [2.75, 3.05) is 0 Å². The van der Waals surface area contributed by atoms with Crippen LogP contribution < -0.4 is 0 Å². The Hall–Kier alpha value is -1.30. The van der Waals surface area contributed by atoms with Gasteiger partial charge >= 0.3 is 0 Å². The summed E-state index contributed by atoms with van der Waals surface area (Å²) in [5.41, 5.74) is 6.51. The van der Waals surface area contributed by atoms with Gasteiger partial charge < -0.3 is 0 Å². The highest BCUT2D eigenvalue weighted by molar-refractivity contribution is 5.38. The summed E-state index contributed by atoms with van der Waals surface area (Å²) in [6.07, 6.45) is 17.3. The molecule has 0 aromatic heterocycles. The standard InChI is InChI=1S/C26H38/c1-20-13-15-22(16-14-20)10-8-9-21(2)23-17-18-25(19-23)26(3,4)24-11-6-5-7-12-24/h13-16,18-19,21,24H,5-12,17H2,1-4H3. The molecule has 0 nitrogen and oxygen atoms in total. The average molecular weight is 351 g/mol. The number of hydrogen-bond acceptors (Lipinski definition) is 0. The van der Waals surface area contributed by atoms with Gasteiger partial charge in [-0.25, -0.2) is 0 Å². The van der Waals surface area contributed by atoms with Crippen LogP contribution in [0.2, 0.25) is 0 Å². The van der Waals surface area contributed by atoms with Crippen LogP contribution in [0.5, 0.6) is 0 Å². The van der Waals surface area contributed by atoms with E-state index in [-0.39, 0.29) is 0 Å². The summed E-state index contributed by atoms with van der Waals surface area (Å²) in [6.45, 7) is 9.59. The van der Waals surface area contributed by atoms with Gasteiger partial charge in [-0.15, -0.1) is 0 Å². The van der Waals surface area contributed by atoms with Crippen LogP contribution in [0.15, 0.2) is 47.6 Å². The number of hydrogen-bond donors (Lipinski definition) is 0. The van der Waals surface area contributed by atoms with Gasteiger partial charge in [-0.1, -0.05) is 87.6 Å². The lowest BCUT2D eigenvalue weighted by atomic mass is 9.67. The van der Waals surface area contributed by atoms with Crippen LogP contribution in [0.25, 0.3) is 0 Å². The first-order valence-electron chi connectivity index (χ1n) is 10.9. The Balaban J connectivity index is 1.51. The smallest absolute Gasteiger partial charge is 0.00784 e. The molecule has 1 atom stereocenters. The van der Waals surface area contributed by atoms with Gasteiger partial charge in [0, 0.05) is 0 Å². The molecule has 1 unspecified atom stereocenters. The fourth-order valence-electron chi connectivity index (χ4n) is 4.95. The van der Waals surface area contributed by atoms with E-state index in [1.54, 1.807) is 11.1 Å². The van der Waals surface area contributed by atoms with Crippen molar-refractivity contribution >= 4 is 0 Å². The molecule has 0 heteroatoms. The summed E-state index contributed by atoms with van der Waals surface area (Å²) >= 11 is 0. The van der Waals surface area contributed by atoms with Crippen molar-refractivity contribution in [2.45, 2.75) is 85.5 Å². The van der Waals surface area contributed by atoms with Gasteiger partial charge in [0.2, 0.25) is 0 Å². The van der Waals surface area contributed by atoms with E-state index >= 15 is 0 Å². The van der Waals surface area contributed by atoms with Gasteiger partial charge in [0.1, 0.15) is 0 Å². The Morgan fingerprint density at radius 1 is 1.04 bits per heavy atom. The van der Waals surface area contributed by atoms with Crippen molar-refractivity contribution in [3.63, 3.8) is 0 Å². The fourth-order valence-corrected chi connectivity index (χ4v) is 4.95. The van der Waals surface area contributed by atoms with E-state index in [1.807, 2.05) is 0 Å². The summed E-state index contributed by atoms with van der Waals surface area (Å²) in [4.78, 5) is 0. The molecule has 0 N–H and O–H groups in total. The van der Waals surface area contributed by atoms with E-state index in [1.165, 1.54) is 68.9 Å². The zero-order chi connectivity index (χ0) is 18.6. The van der Waals surface area contributed by atoms with Crippen molar-refractivity contribution in [2.24, 2.45) is 17.3 Å². The molecule has 1 saturated carbocycles. The minimum Gasteiger partial charge on any atom is -0.0767 e. The molecular weight excluding hydrogens is 312 g/mol. The molecule has 1 fully saturated rings. The van der Waals surface area contributed by atoms with E-state index in [0.29, 0.717) is 5.41 Å². The second kappa shape index (κ2) is 8.59. The minimum atomic E-state index is 0.365. The minimum absolute atomic E-state index is 0.365. The molecule has 0 heterocycles. The number of rotatable bonds is 7. The Morgan fingerprint density at radius 3 is 2.42 bits per heavy atom. The Bertz CT molecular complexity index is 635. The third kappa shape index (κ3) is 4.70. The quantitative estimate of drug-likeness (QED) is 0.470. The SMILES string of the molecule is Cc1ccc(CCCC(C)C2=CC(C(C)(C)C3CCCCC3)=CC2)cc1. The van der Waals surface area contributed by atoms with Gasteiger partial charge in [-0.05, 0) is 73.8 Å². The summed E-state index contributed by atoms with van der Waals surface area (Å²) in [7, 11) is 0. The topological polar surface area (TPSA) is 0 Å². The van der Waals surface area contributed by atoms with Crippen molar-refractivity contribution < 1.29 is 0 Å². The van der Waals surface area contributed by atoms with E-state index < -0.39 is 0 Å². The van der Waals surface area contributed by atoms with E-state index in [4.69, 9.17) is 0 Å². The molecule has 1 aromatic carbocycles. The van der Waals surface area contributed by atoms with Gasteiger partial charge in [0.25, 0.3) is 0 Å². The van der Waals surface area contributed by atoms with Crippen molar-refractivity contribution in [1.29, 1.82) is 0 Å². The predicted octanol–water partition coefficient (Wildman–Crippen LogP) is 7.82. The lowest BCUT2D eigenvalue weighted by Crippen LogP contribution is -2.27. The third-order valence-electron chi connectivity index (χ3n) is 7.12. The molecule has 2 aliphatic rings. The van der Waals surface area contributed by atoms with Gasteiger partial charge in [-0.3, -0.25) is 0 Å².